The monoisotopic (exact) mass is 387 g/mol. The lowest BCUT2D eigenvalue weighted by atomic mass is 10.3. The number of aryl methyl sites for hydroxylation is 1. The van der Waals surface area contributed by atoms with Crippen LogP contribution >= 0.6 is 39.0 Å². The molecule has 21 heavy (non-hydrogen) atoms. The molecule has 0 aliphatic rings. The van der Waals surface area contributed by atoms with E-state index in [9.17, 15) is 4.79 Å². The minimum absolute atomic E-state index is 0.0411. The Bertz CT molecular complexity index is 613. The Morgan fingerprint density at radius 1 is 1.43 bits per heavy atom. The van der Waals surface area contributed by atoms with Crippen molar-refractivity contribution in [3.05, 3.63) is 39.3 Å². The van der Waals surface area contributed by atoms with Crippen molar-refractivity contribution in [2.45, 2.75) is 17.7 Å². The third kappa shape index (κ3) is 5.33. The molecule has 1 aromatic heterocycles. The van der Waals surface area contributed by atoms with E-state index in [1.165, 1.54) is 11.3 Å². The molecule has 0 aliphatic heterocycles. The Balaban J connectivity index is 1.78. The molecule has 4 nitrogen and oxygen atoms in total. The Morgan fingerprint density at radius 2 is 2.14 bits per heavy atom. The van der Waals surface area contributed by atoms with Gasteiger partial charge >= 0.3 is 5.97 Å². The first-order valence-corrected chi connectivity index (χ1v) is 8.83. The second-order valence-corrected chi connectivity index (χ2v) is 7.55. The first kappa shape index (κ1) is 16.3. The lowest BCUT2D eigenvalue weighted by molar-refractivity contribution is -0.136. The second-order valence-electron chi connectivity index (χ2n) is 4.21. The summed E-state index contributed by atoms with van der Waals surface area (Å²) in [6.45, 7) is 2.43. The van der Waals surface area contributed by atoms with Gasteiger partial charge in [-0.05, 0) is 31.2 Å². The van der Waals surface area contributed by atoms with Crippen molar-refractivity contribution in [2.75, 3.05) is 12.4 Å². The fourth-order valence-corrected chi connectivity index (χ4v) is 3.96. The van der Waals surface area contributed by atoms with Crippen LogP contribution in [-0.2, 0) is 11.2 Å². The molecule has 0 aliphatic carbocycles. The molecule has 0 radical (unpaired) electrons. The van der Waals surface area contributed by atoms with Gasteiger partial charge in [-0.15, -0.1) is 11.3 Å². The van der Waals surface area contributed by atoms with E-state index in [-0.39, 0.29) is 6.42 Å². The molecule has 2 aromatic rings. The quantitative estimate of drug-likeness (QED) is 0.574. The normalized spacial score (nSPS) is 10.6. The van der Waals surface area contributed by atoms with Crippen LogP contribution in [0.3, 0.4) is 0 Å². The SMILES string of the molecule is Cc1nc(SCCOc2ccc(Br)cc2)sc1CC(=O)O. The molecular weight excluding hydrogens is 374 g/mol. The number of benzene rings is 1. The number of nitrogens with zero attached hydrogens (tertiary/aromatic N) is 1. The van der Waals surface area contributed by atoms with Gasteiger partial charge in [-0.1, -0.05) is 27.7 Å². The van der Waals surface area contributed by atoms with E-state index < -0.39 is 5.97 Å². The van der Waals surface area contributed by atoms with Crippen LogP contribution in [0.2, 0.25) is 0 Å². The molecular formula is C14H14BrNO3S2. The van der Waals surface area contributed by atoms with E-state index in [4.69, 9.17) is 9.84 Å². The van der Waals surface area contributed by atoms with Gasteiger partial charge in [0.15, 0.2) is 4.34 Å². The maximum atomic E-state index is 10.7. The van der Waals surface area contributed by atoms with Gasteiger partial charge < -0.3 is 9.84 Å². The van der Waals surface area contributed by atoms with Crippen LogP contribution in [0.4, 0.5) is 0 Å². The Labute approximate surface area is 139 Å². The average Bonchev–Trinajstić information content (AvgIpc) is 2.76. The fourth-order valence-electron chi connectivity index (χ4n) is 1.58. The molecule has 1 aromatic carbocycles. The van der Waals surface area contributed by atoms with Crippen LogP contribution in [0.5, 0.6) is 5.75 Å². The van der Waals surface area contributed by atoms with Gasteiger partial charge in [0.2, 0.25) is 0 Å². The minimum atomic E-state index is -0.822. The van der Waals surface area contributed by atoms with Crippen LogP contribution in [-0.4, -0.2) is 28.4 Å². The lowest BCUT2D eigenvalue weighted by Gasteiger charge is -2.04. The van der Waals surface area contributed by atoms with Crippen LogP contribution < -0.4 is 4.74 Å². The van der Waals surface area contributed by atoms with Crippen molar-refractivity contribution in [3.8, 4) is 5.75 Å². The molecule has 0 amide bonds. The van der Waals surface area contributed by atoms with Gasteiger partial charge in [0.25, 0.3) is 0 Å². The Hall–Kier alpha value is -1.05. The van der Waals surface area contributed by atoms with E-state index in [2.05, 4.69) is 20.9 Å². The number of ether oxygens (including phenoxy) is 1. The van der Waals surface area contributed by atoms with E-state index in [1.54, 1.807) is 11.8 Å². The number of thiazole rings is 1. The topological polar surface area (TPSA) is 59.4 Å². The summed E-state index contributed by atoms with van der Waals surface area (Å²) in [6, 6.07) is 7.69. The van der Waals surface area contributed by atoms with Crippen molar-refractivity contribution in [1.82, 2.24) is 4.98 Å². The zero-order chi connectivity index (χ0) is 15.2. The van der Waals surface area contributed by atoms with Crippen molar-refractivity contribution >= 4 is 45.0 Å². The molecule has 0 unspecified atom stereocenters. The maximum Gasteiger partial charge on any atom is 0.308 e. The smallest absolute Gasteiger partial charge is 0.308 e. The van der Waals surface area contributed by atoms with Crippen LogP contribution in [0.1, 0.15) is 10.6 Å². The van der Waals surface area contributed by atoms with E-state index in [1.807, 2.05) is 31.2 Å². The Morgan fingerprint density at radius 3 is 2.81 bits per heavy atom. The third-order valence-electron chi connectivity index (χ3n) is 2.58. The number of rotatable bonds is 7. The number of aliphatic carboxylic acids is 1. The van der Waals surface area contributed by atoms with E-state index in [0.29, 0.717) is 6.61 Å². The van der Waals surface area contributed by atoms with Gasteiger partial charge in [0, 0.05) is 15.1 Å². The minimum Gasteiger partial charge on any atom is -0.493 e. The molecule has 0 fully saturated rings. The highest BCUT2D eigenvalue weighted by Gasteiger charge is 2.11. The molecule has 0 spiro atoms. The lowest BCUT2D eigenvalue weighted by Crippen LogP contribution is -1.99. The molecule has 0 bridgehead atoms. The number of carbonyl (C=O) groups is 1. The summed E-state index contributed by atoms with van der Waals surface area (Å²) in [7, 11) is 0. The third-order valence-corrected chi connectivity index (χ3v) is 5.37. The number of carboxylic acid groups (broad SMARTS) is 1. The fraction of sp³-hybridized carbons (Fsp3) is 0.286. The molecule has 2 rings (SSSR count). The van der Waals surface area contributed by atoms with Crippen molar-refractivity contribution in [3.63, 3.8) is 0 Å². The number of thioether (sulfide) groups is 1. The first-order valence-electron chi connectivity index (χ1n) is 6.24. The molecule has 112 valence electrons. The van der Waals surface area contributed by atoms with Crippen molar-refractivity contribution in [1.29, 1.82) is 0 Å². The van der Waals surface area contributed by atoms with E-state index >= 15 is 0 Å². The number of aromatic nitrogens is 1. The molecule has 1 heterocycles. The van der Waals surface area contributed by atoms with Crippen LogP contribution in [0.25, 0.3) is 0 Å². The highest BCUT2D eigenvalue weighted by Crippen LogP contribution is 2.27. The van der Waals surface area contributed by atoms with Gasteiger partial charge in [-0.2, -0.15) is 0 Å². The largest absolute Gasteiger partial charge is 0.493 e. The molecule has 7 heteroatoms. The first-order chi connectivity index (χ1) is 10.0. The molecule has 0 saturated carbocycles. The van der Waals surface area contributed by atoms with Crippen molar-refractivity contribution in [2.24, 2.45) is 0 Å². The summed E-state index contributed by atoms with van der Waals surface area (Å²) >= 11 is 6.41. The zero-order valence-corrected chi connectivity index (χ0v) is 14.6. The number of halogens is 1. The summed E-state index contributed by atoms with van der Waals surface area (Å²) in [6.07, 6.45) is 0.0411. The predicted molar refractivity (Wildman–Crippen MR) is 88.6 cm³/mol. The Kier molecular flexibility index (Phi) is 6.08. The number of hydrogen-bond acceptors (Lipinski definition) is 5. The van der Waals surface area contributed by atoms with Crippen molar-refractivity contribution < 1.29 is 14.6 Å². The van der Waals surface area contributed by atoms with E-state index in [0.717, 1.165) is 30.9 Å². The van der Waals surface area contributed by atoms with Gasteiger partial charge in [-0.3, -0.25) is 4.79 Å². The summed E-state index contributed by atoms with van der Waals surface area (Å²) in [4.78, 5) is 15.9. The molecule has 1 N–H and O–H groups in total. The van der Waals surface area contributed by atoms with Crippen LogP contribution in [0.15, 0.2) is 33.1 Å². The highest BCUT2D eigenvalue weighted by molar-refractivity contribution is 9.10. The van der Waals surface area contributed by atoms with Gasteiger partial charge in [-0.25, -0.2) is 4.98 Å². The standard InChI is InChI=1S/C14H14BrNO3S2/c1-9-12(8-13(17)18)21-14(16-9)20-7-6-19-11-4-2-10(15)3-5-11/h2-5H,6-8H2,1H3,(H,17,18). The van der Waals surface area contributed by atoms with Gasteiger partial charge in [0.1, 0.15) is 5.75 Å². The second kappa shape index (κ2) is 7.82. The summed E-state index contributed by atoms with van der Waals surface area (Å²) in [5.41, 5.74) is 0.804. The maximum absolute atomic E-state index is 10.7. The molecule has 0 saturated heterocycles. The summed E-state index contributed by atoms with van der Waals surface area (Å²) < 4.78 is 7.54. The van der Waals surface area contributed by atoms with Crippen LogP contribution in [0, 0.1) is 6.92 Å². The number of carboxylic acids is 1. The molecule has 0 atom stereocenters. The average molecular weight is 388 g/mol. The predicted octanol–water partition coefficient (Wildman–Crippen LogP) is 4.01. The zero-order valence-electron chi connectivity index (χ0n) is 11.3. The summed E-state index contributed by atoms with van der Waals surface area (Å²) in [5, 5.41) is 8.81. The highest BCUT2D eigenvalue weighted by atomic mass is 79.9. The number of hydrogen-bond donors (Lipinski definition) is 1. The van der Waals surface area contributed by atoms with Gasteiger partial charge in [0.05, 0.1) is 18.7 Å². The summed E-state index contributed by atoms with van der Waals surface area (Å²) in [5.74, 6) is 0.785.